The minimum Gasteiger partial charge on any atom is -0.323 e. The van der Waals surface area contributed by atoms with E-state index in [9.17, 15) is 4.79 Å². The summed E-state index contributed by atoms with van der Waals surface area (Å²) < 4.78 is 0. The van der Waals surface area contributed by atoms with E-state index in [-0.39, 0.29) is 17.2 Å². The number of pyridine rings is 1. The summed E-state index contributed by atoms with van der Waals surface area (Å²) in [6.07, 6.45) is 6.43. The van der Waals surface area contributed by atoms with Crippen LogP contribution in [0, 0.1) is 11.3 Å². The Morgan fingerprint density at radius 2 is 2.28 bits per heavy atom. The van der Waals surface area contributed by atoms with Crippen molar-refractivity contribution in [3.05, 3.63) is 23.5 Å². The monoisotopic (exact) mass is 265 g/mol. The summed E-state index contributed by atoms with van der Waals surface area (Å²) in [5.74, 6) is 0.239. The Hall–Kier alpha value is -1.13. The van der Waals surface area contributed by atoms with Crippen molar-refractivity contribution in [3.8, 4) is 0 Å². The van der Waals surface area contributed by atoms with Gasteiger partial charge in [0.1, 0.15) is 0 Å². The number of nitrogens with one attached hydrogen (secondary N) is 2. The van der Waals surface area contributed by atoms with E-state index in [1.807, 2.05) is 0 Å². The third-order valence-electron chi connectivity index (χ3n) is 4.13. The van der Waals surface area contributed by atoms with Gasteiger partial charge in [0.15, 0.2) is 0 Å². The molecule has 1 aliphatic heterocycles. The van der Waals surface area contributed by atoms with Crippen molar-refractivity contribution in [2.75, 3.05) is 18.4 Å². The van der Waals surface area contributed by atoms with Crippen molar-refractivity contribution in [2.45, 2.75) is 19.3 Å². The summed E-state index contributed by atoms with van der Waals surface area (Å²) in [5, 5.41) is 6.77. The molecule has 0 aromatic carbocycles. The lowest BCUT2D eigenvalue weighted by Gasteiger charge is -2.23. The van der Waals surface area contributed by atoms with Gasteiger partial charge in [-0.25, -0.2) is 0 Å². The Balaban J connectivity index is 1.65. The van der Waals surface area contributed by atoms with Crippen molar-refractivity contribution >= 4 is 23.2 Å². The predicted octanol–water partition coefficient (Wildman–Crippen LogP) is 2.06. The van der Waals surface area contributed by atoms with E-state index >= 15 is 0 Å². The molecule has 2 heterocycles. The molecule has 2 aliphatic rings. The van der Waals surface area contributed by atoms with Gasteiger partial charge in [-0.05, 0) is 43.8 Å². The lowest BCUT2D eigenvalue weighted by molar-refractivity contribution is -0.118. The summed E-state index contributed by atoms with van der Waals surface area (Å²) in [6.45, 7) is 2.05. The zero-order valence-electron chi connectivity index (χ0n) is 10.1. The van der Waals surface area contributed by atoms with Gasteiger partial charge in [-0.2, -0.15) is 0 Å². The van der Waals surface area contributed by atoms with Gasteiger partial charge < -0.3 is 10.6 Å². The number of aromatic nitrogens is 1. The Labute approximate surface area is 111 Å². The molecule has 96 valence electrons. The van der Waals surface area contributed by atoms with Gasteiger partial charge >= 0.3 is 0 Å². The highest BCUT2D eigenvalue weighted by Crippen LogP contribution is 2.58. The van der Waals surface area contributed by atoms with E-state index in [0.29, 0.717) is 10.7 Å². The minimum absolute atomic E-state index is 0.0896. The molecule has 1 spiro atoms. The Bertz CT molecular complexity index is 471. The molecular formula is C13H16ClN3O. The minimum atomic E-state index is 0.0896. The first-order valence-electron chi connectivity index (χ1n) is 6.32. The van der Waals surface area contributed by atoms with E-state index in [1.54, 1.807) is 18.5 Å². The summed E-state index contributed by atoms with van der Waals surface area (Å²) in [5.41, 5.74) is 0.865. The summed E-state index contributed by atoms with van der Waals surface area (Å²) in [6, 6.07) is 1.68. The van der Waals surface area contributed by atoms with Gasteiger partial charge in [0, 0.05) is 12.1 Å². The van der Waals surface area contributed by atoms with Crippen molar-refractivity contribution in [2.24, 2.45) is 11.3 Å². The van der Waals surface area contributed by atoms with Crippen LogP contribution in [0.4, 0.5) is 5.69 Å². The smallest absolute Gasteiger partial charge is 0.228 e. The predicted molar refractivity (Wildman–Crippen MR) is 70.5 cm³/mol. The number of hydrogen-bond donors (Lipinski definition) is 2. The number of carbonyl (C=O) groups excluding carboxylic acids is 1. The molecule has 3 rings (SSSR count). The lowest BCUT2D eigenvalue weighted by Crippen LogP contribution is -2.31. The van der Waals surface area contributed by atoms with Crippen LogP contribution in [-0.2, 0) is 4.79 Å². The number of anilines is 1. The fourth-order valence-electron chi connectivity index (χ4n) is 2.88. The fraction of sp³-hybridized carbons (Fsp3) is 0.538. The largest absolute Gasteiger partial charge is 0.323 e. The van der Waals surface area contributed by atoms with Crippen LogP contribution in [-0.4, -0.2) is 24.0 Å². The maximum absolute atomic E-state index is 12.2. The van der Waals surface area contributed by atoms with E-state index in [0.717, 1.165) is 32.4 Å². The van der Waals surface area contributed by atoms with Crippen LogP contribution in [0.25, 0.3) is 0 Å². The van der Waals surface area contributed by atoms with Gasteiger partial charge in [0.05, 0.1) is 16.9 Å². The second-order valence-electron chi connectivity index (χ2n) is 5.21. The average molecular weight is 266 g/mol. The number of rotatable bonds is 2. The quantitative estimate of drug-likeness (QED) is 0.861. The number of amides is 1. The fourth-order valence-corrected chi connectivity index (χ4v) is 3.04. The van der Waals surface area contributed by atoms with E-state index in [1.165, 1.54) is 0 Å². The number of hydrogen-bond acceptors (Lipinski definition) is 3. The van der Waals surface area contributed by atoms with Crippen LogP contribution in [0.5, 0.6) is 0 Å². The molecule has 1 atom stereocenters. The molecule has 1 aromatic rings. The molecule has 18 heavy (non-hydrogen) atoms. The summed E-state index contributed by atoms with van der Waals surface area (Å²) in [4.78, 5) is 16.2. The van der Waals surface area contributed by atoms with E-state index < -0.39 is 0 Å². The average Bonchev–Trinajstić information content (AvgIpc) is 3.07. The van der Waals surface area contributed by atoms with Crippen LogP contribution in [0.2, 0.25) is 5.02 Å². The highest BCUT2D eigenvalue weighted by molar-refractivity contribution is 6.33. The molecule has 5 heteroatoms. The molecule has 0 radical (unpaired) electrons. The molecule has 1 saturated heterocycles. The van der Waals surface area contributed by atoms with Gasteiger partial charge in [-0.1, -0.05) is 11.6 Å². The van der Waals surface area contributed by atoms with Gasteiger partial charge in [0.2, 0.25) is 5.91 Å². The summed E-state index contributed by atoms with van der Waals surface area (Å²) in [7, 11) is 0. The first-order valence-corrected chi connectivity index (χ1v) is 6.70. The second kappa shape index (κ2) is 4.52. The Morgan fingerprint density at radius 3 is 3.00 bits per heavy atom. The maximum atomic E-state index is 12.2. The molecule has 1 saturated carbocycles. The number of piperidine rings is 1. The molecule has 1 aliphatic carbocycles. The first kappa shape index (κ1) is 11.9. The number of halogens is 1. The van der Waals surface area contributed by atoms with Crippen molar-refractivity contribution < 1.29 is 4.79 Å². The van der Waals surface area contributed by atoms with Crippen LogP contribution >= 0.6 is 11.6 Å². The lowest BCUT2D eigenvalue weighted by atomic mass is 9.92. The molecule has 1 aromatic heterocycles. The first-order chi connectivity index (χ1) is 8.71. The molecule has 0 bridgehead atoms. The van der Waals surface area contributed by atoms with E-state index in [2.05, 4.69) is 15.6 Å². The zero-order valence-corrected chi connectivity index (χ0v) is 10.8. The van der Waals surface area contributed by atoms with Crippen LogP contribution in [0.1, 0.15) is 19.3 Å². The summed E-state index contributed by atoms with van der Waals surface area (Å²) >= 11 is 6.01. The van der Waals surface area contributed by atoms with Gasteiger partial charge in [-0.3, -0.25) is 9.78 Å². The molecule has 1 amide bonds. The highest BCUT2D eigenvalue weighted by atomic mass is 35.5. The van der Waals surface area contributed by atoms with Gasteiger partial charge in [0.25, 0.3) is 0 Å². The van der Waals surface area contributed by atoms with Crippen LogP contribution < -0.4 is 10.6 Å². The molecule has 1 unspecified atom stereocenters. The maximum Gasteiger partial charge on any atom is 0.228 e. The Kier molecular flexibility index (Phi) is 2.99. The van der Waals surface area contributed by atoms with Crippen molar-refractivity contribution in [1.82, 2.24) is 10.3 Å². The number of carbonyl (C=O) groups is 1. The van der Waals surface area contributed by atoms with Crippen molar-refractivity contribution in [1.29, 1.82) is 0 Å². The molecule has 4 nitrogen and oxygen atoms in total. The van der Waals surface area contributed by atoms with Crippen molar-refractivity contribution in [3.63, 3.8) is 0 Å². The topological polar surface area (TPSA) is 54.0 Å². The highest BCUT2D eigenvalue weighted by Gasteiger charge is 2.57. The number of nitrogens with zero attached hydrogens (tertiary/aromatic N) is 1. The third kappa shape index (κ3) is 2.10. The second-order valence-corrected chi connectivity index (χ2v) is 5.62. The van der Waals surface area contributed by atoms with Crippen LogP contribution in [0.15, 0.2) is 18.5 Å². The molecular weight excluding hydrogens is 250 g/mol. The van der Waals surface area contributed by atoms with E-state index in [4.69, 9.17) is 11.6 Å². The zero-order chi connectivity index (χ0) is 12.6. The molecule has 2 N–H and O–H groups in total. The Morgan fingerprint density at radius 1 is 1.50 bits per heavy atom. The SMILES string of the molecule is O=C(Nc1cnccc1Cl)C1CC12CCNCC2. The third-order valence-corrected chi connectivity index (χ3v) is 4.46. The standard InChI is InChI=1S/C13H16ClN3O/c14-10-1-4-16-8-11(10)17-12(18)9-7-13(9)2-5-15-6-3-13/h1,4,8-9,15H,2-3,5-7H2,(H,17,18). The molecule has 2 fully saturated rings. The normalized spacial score (nSPS) is 24.8. The van der Waals surface area contributed by atoms with Gasteiger partial charge in [-0.15, -0.1) is 0 Å². The van der Waals surface area contributed by atoms with Crippen LogP contribution in [0.3, 0.4) is 0 Å².